The summed E-state index contributed by atoms with van der Waals surface area (Å²) in [5.41, 5.74) is 0.623. The second-order valence-corrected chi connectivity index (χ2v) is 4.33. The minimum absolute atomic E-state index is 0.0161. The number of aliphatic hydroxyl groups excluding tert-OH is 1. The Labute approximate surface area is 115 Å². The van der Waals surface area contributed by atoms with Gasteiger partial charge in [-0.2, -0.15) is 0 Å². The molecular weight excluding hydrogens is 242 g/mol. The lowest BCUT2D eigenvalue weighted by Crippen LogP contribution is -2.33. The lowest BCUT2D eigenvalue weighted by molar-refractivity contribution is 0.0732. The van der Waals surface area contributed by atoms with Crippen LogP contribution in [0.4, 0.5) is 0 Å². The molecule has 0 aliphatic rings. The fourth-order valence-electron chi connectivity index (χ4n) is 1.73. The molecule has 1 N–H and O–H groups in total. The number of hydrogen-bond acceptors (Lipinski definition) is 3. The summed E-state index contributed by atoms with van der Waals surface area (Å²) in [4.78, 5) is 13.7. The zero-order valence-electron chi connectivity index (χ0n) is 11.8. The molecule has 0 bridgehead atoms. The highest BCUT2D eigenvalue weighted by Gasteiger charge is 2.13. The second kappa shape index (κ2) is 8.53. The summed E-state index contributed by atoms with van der Waals surface area (Å²) in [5, 5.41) is 8.91. The molecule has 4 heteroatoms. The van der Waals surface area contributed by atoms with Gasteiger partial charge in [-0.3, -0.25) is 4.79 Å². The maximum absolute atomic E-state index is 12.1. The lowest BCUT2D eigenvalue weighted by atomic mass is 10.2. The number of aliphatic hydroxyl groups is 1. The molecule has 0 atom stereocenters. The van der Waals surface area contributed by atoms with E-state index in [1.807, 2.05) is 19.1 Å². The van der Waals surface area contributed by atoms with E-state index in [2.05, 4.69) is 6.92 Å². The van der Waals surface area contributed by atoms with Crippen molar-refractivity contribution in [2.24, 2.45) is 0 Å². The number of hydrogen-bond donors (Lipinski definition) is 1. The van der Waals surface area contributed by atoms with E-state index in [-0.39, 0.29) is 12.5 Å². The minimum atomic E-state index is -0.0586. The van der Waals surface area contributed by atoms with Gasteiger partial charge in [-0.1, -0.05) is 13.3 Å². The number of likely N-dealkylation sites (N-methyl/N-ethyl adjacent to an activating group) is 1. The summed E-state index contributed by atoms with van der Waals surface area (Å²) in [7, 11) is 0. The van der Waals surface area contributed by atoms with Gasteiger partial charge in [-0.05, 0) is 37.6 Å². The molecule has 106 valence electrons. The Bertz CT molecular complexity index is 375. The molecule has 0 aromatic heterocycles. The van der Waals surface area contributed by atoms with Gasteiger partial charge in [0.1, 0.15) is 5.75 Å². The Morgan fingerprint density at radius 2 is 1.95 bits per heavy atom. The highest BCUT2D eigenvalue weighted by molar-refractivity contribution is 5.94. The van der Waals surface area contributed by atoms with Crippen LogP contribution in [0.5, 0.6) is 5.75 Å². The third-order valence-corrected chi connectivity index (χ3v) is 2.91. The molecule has 0 heterocycles. The first-order valence-corrected chi connectivity index (χ1v) is 6.85. The monoisotopic (exact) mass is 265 g/mol. The van der Waals surface area contributed by atoms with Gasteiger partial charge < -0.3 is 14.7 Å². The molecule has 1 aromatic rings. The third-order valence-electron chi connectivity index (χ3n) is 2.91. The number of rotatable bonds is 8. The van der Waals surface area contributed by atoms with Crippen LogP contribution in [0.15, 0.2) is 24.3 Å². The number of carbonyl (C=O) groups excluding carboxylic acids is 1. The van der Waals surface area contributed by atoms with Crippen LogP contribution in [-0.4, -0.2) is 42.2 Å². The molecule has 0 unspecified atom stereocenters. The largest absolute Gasteiger partial charge is 0.494 e. The number of amides is 1. The average Bonchev–Trinajstić information content (AvgIpc) is 2.45. The second-order valence-electron chi connectivity index (χ2n) is 4.33. The SMILES string of the molecule is CCCCOc1ccc(C(=O)N(CC)CCO)cc1. The van der Waals surface area contributed by atoms with Crippen molar-refractivity contribution < 1.29 is 14.6 Å². The molecule has 0 fully saturated rings. The summed E-state index contributed by atoms with van der Waals surface area (Å²) < 4.78 is 5.55. The summed E-state index contributed by atoms with van der Waals surface area (Å²) in [5.74, 6) is 0.729. The van der Waals surface area contributed by atoms with Gasteiger partial charge in [-0.25, -0.2) is 0 Å². The number of carbonyl (C=O) groups is 1. The van der Waals surface area contributed by atoms with Crippen molar-refractivity contribution in [3.05, 3.63) is 29.8 Å². The number of benzene rings is 1. The molecule has 1 aromatic carbocycles. The van der Waals surface area contributed by atoms with Crippen LogP contribution in [0.1, 0.15) is 37.0 Å². The predicted octanol–water partition coefficient (Wildman–Crippen LogP) is 2.32. The Morgan fingerprint density at radius 3 is 2.47 bits per heavy atom. The van der Waals surface area contributed by atoms with Crippen molar-refractivity contribution in [3.63, 3.8) is 0 Å². The zero-order chi connectivity index (χ0) is 14.1. The van der Waals surface area contributed by atoms with Crippen molar-refractivity contribution in [3.8, 4) is 5.75 Å². The van der Waals surface area contributed by atoms with Crippen molar-refractivity contribution >= 4 is 5.91 Å². The fourth-order valence-corrected chi connectivity index (χ4v) is 1.73. The van der Waals surface area contributed by atoms with Crippen LogP contribution >= 0.6 is 0 Å². The Kier molecular flexibility index (Phi) is 6.97. The van der Waals surface area contributed by atoms with E-state index >= 15 is 0 Å². The third kappa shape index (κ3) is 4.91. The van der Waals surface area contributed by atoms with Gasteiger partial charge in [-0.15, -0.1) is 0 Å². The van der Waals surface area contributed by atoms with Crippen LogP contribution < -0.4 is 4.74 Å². The topological polar surface area (TPSA) is 49.8 Å². The number of unbranched alkanes of at least 4 members (excludes halogenated alkanes) is 1. The molecule has 0 radical (unpaired) electrons. The van der Waals surface area contributed by atoms with Gasteiger partial charge in [0.25, 0.3) is 5.91 Å². The number of ether oxygens (including phenoxy) is 1. The fraction of sp³-hybridized carbons (Fsp3) is 0.533. The van der Waals surface area contributed by atoms with Crippen LogP contribution in [0.2, 0.25) is 0 Å². The maximum Gasteiger partial charge on any atom is 0.253 e. The minimum Gasteiger partial charge on any atom is -0.494 e. The van der Waals surface area contributed by atoms with E-state index in [1.54, 1.807) is 17.0 Å². The molecule has 1 rings (SSSR count). The van der Waals surface area contributed by atoms with Gasteiger partial charge in [0, 0.05) is 18.7 Å². The van der Waals surface area contributed by atoms with Crippen molar-refractivity contribution in [1.29, 1.82) is 0 Å². The molecule has 1 amide bonds. The van der Waals surface area contributed by atoms with E-state index in [0.29, 0.717) is 25.3 Å². The quantitative estimate of drug-likeness (QED) is 0.734. The smallest absolute Gasteiger partial charge is 0.253 e. The first kappa shape index (κ1) is 15.5. The average molecular weight is 265 g/mol. The van der Waals surface area contributed by atoms with Crippen molar-refractivity contribution in [2.45, 2.75) is 26.7 Å². The van der Waals surface area contributed by atoms with Gasteiger partial charge in [0.2, 0.25) is 0 Å². The van der Waals surface area contributed by atoms with Crippen LogP contribution in [-0.2, 0) is 0 Å². The summed E-state index contributed by atoms with van der Waals surface area (Å²) in [6.45, 7) is 5.66. The molecule has 4 nitrogen and oxygen atoms in total. The first-order valence-electron chi connectivity index (χ1n) is 6.85. The Balaban J connectivity index is 2.61. The van der Waals surface area contributed by atoms with E-state index in [1.165, 1.54) is 0 Å². The summed E-state index contributed by atoms with van der Waals surface area (Å²) in [6.07, 6.45) is 2.13. The van der Waals surface area contributed by atoms with Crippen molar-refractivity contribution in [2.75, 3.05) is 26.3 Å². The van der Waals surface area contributed by atoms with Gasteiger partial charge in [0.05, 0.1) is 13.2 Å². The highest BCUT2D eigenvalue weighted by atomic mass is 16.5. The summed E-state index contributed by atoms with van der Waals surface area (Å²) in [6, 6.07) is 7.17. The van der Waals surface area contributed by atoms with Crippen molar-refractivity contribution in [1.82, 2.24) is 4.90 Å². The molecule has 0 aliphatic carbocycles. The van der Waals surface area contributed by atoms with E-state index < -0.39 is 0 Å². The Hall–Kier alpha value is -1.55. The molecule has 0 saturated heterocycles. The Morgan fingerprint density at radius 1 is 1.26 bits per heavy atom. The number of nitrogens with zero attached hydrogens (tertiary/aromatic N) is 1. The van der Waals surface area contributed by atoms with E-state index in [9.17, 15) is 4.79 Å². The maximum atomic E-state index is 12.1. The molecule has 0 aliphatic heterocycles. The molecule has 19 heavy (non-hydrogen) atoms. The highest BCUT2D eigenvalue weighted by Crippen LogP contribution is 2.14. The first-order chi connectivity index (χ1) is 9.22. The van der Waals surface area contributed by atoms with Gasteiger partial charge in [0.15, 0.2) is 0 Å². The zero-order valence-corrected chi connectivity index (χ0v) is 11.8. The van der Waals surface area contributed by atoms with E-state index in [4.69, 9.17) is 9.84 Å². The van der Waals surface area contributed by atoms with E-state index in [0.717, 1.165) is 18.6 Å². The van der Waals surface area contributed by atoms with Crippen LogP contribution in [0.25, 0.3) is 0 Å². The normalized spacial score (nSPS) is 10.3. The molecular formula is C15H23NO3. The lowest BCUT2D eigenvalue weighted by Gasteiger charge is -2.19. The molecule has 0 saturated carbocycles. The summed E-state index contributed by atoms with van der Waals surface area (Å²) >= 11 is 0. The van der Waals surface area contributed by atoms with Gasteiger partial charge >= 0.3 is 0 Å². The van der Waals surface area contributed by atoms with Crippen LogP contribution in [0, 0.1) is 0 Å². The van der Waals surface area contributed by atoms with Crippen LogP contribution in [0.3, 0.4) is 0 Å². The predicted molar refractivity (Wildman–Crippen MR) is 75.5 cm³/mol. The molecule has 0 spiro atoms. The standard InChI is InChI=1S/C15H23NO3/c1-3-5-12-19-14-8-6-13(7-9-14)15(18)16(4-2)10-11-17/h6-9,17H,3-5,10-12H2,1-2H3.